The second-order valence-electron chi connectivity index (χ2n) is 6.81. The molecule has 0 radical (unpaired) electrons. The number of hydrogen-bond acceptors (Lipinski definition) is 3. The molecule has 2 fully saturated rings. The van der Waals surface area contributed by atoms with Crippen LogP contribution in [-0.4, -0.2) is 16.5 Å². The Bertz CT molecular complexity index is 509. The molecule has 2 saturated carbocycles. The molecule has 0 heterocycles. The van der Waals surface area contributed by atoms with Gasteiger partial charge >= 0.3 is 0 Å². The maximum absolute atomic E-state index is 9.36. The SMILES string of the molecule is CC1(C)[C@@H]2C/C(=N\O)[C@@](C)(Nc3ccccc3)C[C@@H]21. The highest BCUT2D eigenvalue weighted by Crippen LogP contribution is 2.66. The molecule has 0 bridgehead atoms. The number of nitrogens with one attached hydrogen (secondary N) is 1. The Hall–Kier alpha value is -1.51. The molecule has 19 heavy (non-hydrogen) atoms. The van der Waals surface area contributed by atoms with Crippen molar-refractivity contribution in [2.45, 2.75) is 39.2 Å². The lowest BCUT2D eigenvalue weighted by molar-refractivity contribution is 0.307. The molecule has 1 aromatic carbocycles. The van der Waals surface area contributed by atoms with E-state index >= 15 is 0 Å². The molecule has 2 N–H and O–H groups in total. The van der Waals surface area contributed by atoms with Gasteiger partial charge in [-0.3, -0.25) is 0 Å². The van der Waals surface area contributed by atoms with Crippen LogP contribution in [0.4, 0.5) is 5.69 Å². The third kappa shape index (κ3) is 1.92. The molecule has 0 amide bonds. The van der Waals surface area contributed by atoms with E-state index in [0.717, 1.165) is 30.2 Å². The van der Waals surface area contributed by atoms with E-state index in [1.165, 1.54) is 0 Å². The van der Waals surface area contributed by atoms with Crippen molar-refractivity contribution in [2.24, 2.45) is 22.4 Å². The zero-order valence-corrected chi connectivity index (χ0v) is 11.9. The van der Waals surface area contributed by atoms with E-state index in [2.05, 4.69) is 43.4 Å². The second-order valence-corrected chi connectivity index (χ2v) is 6.81. The highest BCUT2D eigenvalue weighted by Gasteiger charge is 2.63. The molecule has 2 aliphatic carbocycles. The summed E-state index contributed by atoms with van der Waals surface area (Å²) in [7, 11) is 0. The van der Waals surface area contributed by atoms with Crippen LogP contribution in [0.2, 0.25) is 0 Å². The molecule has 0 spiro atoms. The van der Waals surface area contributed by atoms with Crippen LogP contribution >= 0.6 is 0 Å². The van der Waals surface area contributed by atoms with Gasteiger partial charge in [-0.1, -0.05) is 37.2 Å². The standard InChI is InChI=1S/C16H22N2O/c1-15(2)12-9-14(18-19)16(3,10-13(12)15)17-11-7-5-4-6-8-11/h4-8,12-13,17,19H,9-10H2,1-3H3/b18-14+/t12-,13+,16+/m1/s1. The van der Waals surface area contributed by atoms with Gasteiger partial charge in [0.05, 0.1) is 11.3 Å². The van der Waals surface area contributed by atoms with Crippen LogP contribution in [0.5, 0.6) is 0 Å². The van der Waals surface area contributed by atoms with Gasteiger partial charge in [-0.05, 0) is 49.1 Å². The normalized spacial score (nSPS) is 37.7. The van der Waals surface area contributed by atoms with E-state index in [0.29, 0.717) is 11.3 Å². The smallest absolute Gasteiger partial charge is 0.0824 e. The lowest BCUT2D eigenvalue weighted by Gasteiger charge is -2.35. The van der Waals surface area contributed by atoms with Crippen molar-refractivity contribution in [3.8, 4) is 0 Å². The predicted molar refractivity (Wildman–Crippen MR) is 77.7 cm³/mol. The van der Waals surface area contributed by atoms with Crippen molar-refractivity contribution in [2.75, 3.05) is 5.32 Å². The van der Waals surface area contributed by atoms with E-state index in [1.54, 1.807) is 0 Å². The summed E-state index contributed by atoms with van der Waals surface area (Å²) in [6.07, 6.45) is 1.95. The predicted octanol–water partition coefficient (Wildman–Crippen LogP) is 3.75. The number of hydrogen-bond donors (Lipinski definition) is 2. The maximum atomic E-state index is 9.36. The minimum absolute atomic E-state index is 0.231. The highest BCUT2D eigenvalue weighted by atomic mass is 16.4. The Morgan fingerprint density at radius 3 is 2.47 bits per heavy atom. The van der Waals surface area contributed by atoms with E-state index in [-0.39, 0.29) is 5.54 Å². The van der Waals surface area contributed by atoms with Gasteiger partial charge in [0.15, 0.2) is 0 Å². The van der Waals surface area contributed by atoms with Crippen molar-refractivity contribution in [1.82, 2.24) is 0 Å². The van der Waals surface area contributed by atoms with Crippen molar-refractivity contribution >= 4 is 11.4 Å². The minimum Gasteiger partial charge on any atom is -0.411 e. The molecule has 0 aromatic heterocycles. The molecule has 102 valence electrons. The third-order valence-corrected chi connectivity index (χ3v) is 5.28. The fourth-order valence-corrected chi connectivity index (χ4v) is 3.77. The van der Waals surface area contributed by atoms with Gasteiger partial charge in [0, 0.05) is 5.69 Å². The summed E-state index contributed by atoms with van der Waals surface area (Å²) in [5, 5.41) is 16.5. The summed E-state index contributed by atoms with van der Waals surface area (Å²) in [4.78, 5) is 0. The van der Waals surface area contributed by atoms with Crippen molar-refractivity contribution < 1.29 is 5.21 Å². The number of oxime groups is 1. The first kappa shape index (κ1) is 12.5. The fourth-order valence-electron chi connectivity index (χ4n) is 3.77. The van der Waals surface area contributed by atoms with Gasteiger partial charge in [0.2, 0.25) is 0 Å². The maximum Gasteiger partial charge on any atom is 0.0824 e. The van der Waals surface area contributed by atoms with E-state index in [1.807, 2.05) is 18.2 Å². The Morgan fingerprint density at radius 1 is 1.16 bits per heavy atom. The first-order chi connectivity index (χ1) is 8.97. The zero-order chi connectivity index (χ0) is 13.7. The van der Waals surface area contributed by atoms with Gasteiger partial charge in [-0.2, -0.15) is 0 Å². The van der Waals surface area contributed by atoms with E-state index in [4.69, 9.17) is 0 Å². The molecule has 3 heteroatoms. The van der Waals surface area contributed by atoms with Crippen LogP contribution in [0.15, 0.2) is 35.5 Å². The van der Waals surface area contributed by atoms with Crippen molar-refractivity contribution in [3.63, 3.8) is 0 Å². The number of nitrogens with zero attached hydrogens (tertiary/aromatic N) is 1. The van der Waals surface area contributed by atoms with Gasteiger partial charge in [-0.15, -0.1) is 0 Å². The van der Waals surface area contributed by atoms with Gasteiger partial charge in [0.1, 0.15) is 0 Å². The minimum atomic E-state index is -0.231. The highest BCUT2D eigenvalue weighted by molar-refractivity contribution is 5.97. The third-order valence-electron chi connectivity index (χ3n) is 5.28. The largest absolute Gasteiger partial charge is 0.411 e. The molecule has 1 aromatic rings. The van der Waals surface area contributed by atoms with Gasteiger partial charge in [0.25, 0.3) is 0 Å². The number of rotatable bonds is 2. The monoisotopic (exact) mass is 258 g/mol. The topological polar surface area (TPSA) is 44.6 Å². The van der Waals surface area contributed by atoms with Crippen LogP contribution in [-0.2, 0) is 0 Å². The second kappa shape index (κ2) is 3.99. The summed E-state index contributed by atoms with van der Waals surface area (Å²) >= 11 is 0. The van der Waals surface area contributed by atoms with Crippen molar-refractivity contribution in [3.05, 3.63) is 30.3 Å². The number of para-hydroxylation sites is 1. The van der Waals surface area contributed by atoms with E-state index < -0.39 is 0 Å². The van der Waals surface area contributed by atoms with Crippen LogP contribution < -0.4 is 5.32 Å². The Labute approximate surface area is 114 Å². The van der Waals surface area contributed by atoms with Gasteiger partial charge < -0.3 is 10.5 Å². The molecule has 3 atom stereocenters. The molecule has 2 aliphatic rings. The summed E-state index contributed by atoms with van der Waals surface area (Å²) in [6, 6.07) is 10.2. The first-order valence-electron chi connectivity index (χ1n) is 7.02. The lowest BCUT2D eigenvalue weighted by atomic mass is 9.81. The first-order valence-corrected chi connectivity index (χ1v) is 7.02. The summed E-state index contributed by atoms with van der Waals surface area (Å²) in [5.74, 6) is 1.42. The average Bonchev–Trinajstić information content (AvgIpc) is 2.89. The van der Waals surface area contributed by atoms with Crippen LogP contribution in [0.25, 0.3) is 0 Å². The molecule has 0 aliphatic heterocycles. The number of benzene rings is 1. The quantitative estimate of drug-likeness (QED) is 0.626. The van der Waals surface area contributed by atoms with E-state index in [9.17, 15) is 5.21 Å². The Morgan fingerprint density at radius 2 is 1.84 bits per heavy atom. The molecule has 3 nitrogen and oxygen atoms in total. The Balaban J connectivity index is 1.85. The van der Waals surface area contributed by atoms with Gasteiger partial charge in [-0.25, -0.2) is 0 Å². The number of anilines is 1. The van der Waals surface area contributed by atoms with Crippen LogP contribution in [0.3, 0.4) is 0 Å². The van der Waals surface area contributed by atoms with Crippen LogP contribution in [0, 0.1) is 17.3 Å². The van der Waals surface area contributed by atoms with Crippen molar-refractivity contribution in [1.29, 1.82) is 0 Å². The molecule has 3 rings (SSSR count). The summed E-state index contributed by atoms with van der Waals surface area (Å²) in [6.45, 7) is 6.80. The summed E-state index contributed by atoms with van der Waals surface area (Å²) in [5.41, 5.74) is 2.14. The molecule has 0 unspecified atom stereocenters. The fraction of sp³-hybridized carbons (Fsp3) is 0.562. The average molecular weight is 258 g/mol. The molecular formula is C16H22N2O. The lowest BCUT2D eigenvalue weighted by Crippen LogP contribution is -2.46. The molecule has 0 saturated heterocycles. The van der Waals surface area contributed by atoms with Crippen LogP contribution in [0.1, 0.15) is 33.6 Å². The zero-order valence-electron chi connectivity index (χ0n) is 11.9. The molecular weight excluding hydrogens is 236 g/mol. The number of fused-ring (bicyclic) bond motifs is 1. The Kier molecular flexibility index (Phi) is 2.63. The summed E-state index contributed by atoms with van der Waals surface area (Å²) < 4.78 is 0.